The molecule has 0 aliphatic rings. The lowest BCUT2D eigenvalue weighted by Gasteiger charge is -2.13. The Morgan fingerprint density at radius 1 is 1.08 bits per heavy atom. The van der Waals surface area contributed by atoms with E-state index >= 15 is 0 Å². The average molecular weight is 516 g/mol. The molecule has 38 heavy (non-hydrogen) atoms. The molecule has 0 saturated carbocycles. The molecule has 10 heteroatoms. The summed E-state index contributed by atoms with van der Waals surface area (Å²) in [5.41, 5.74) is 3.57. The van der Waals surface area contributed by atoms with Crippen molar-refractivity contribution >= 4 is 17.3 Å². The summed E-state index contributed by atoms with van der Waals surface area (Å²) in [6.07, 6.45) is 0. The fraction of sp³-hybridized carbons (Fsp3) is 0.179. The smallest absolute Gasteiger partial charge is 0.262 e. The van der Waals surface area contributed by atoms with Crippen LogP contribution in [0, 0.1) is 6.92 Å². The number of rotatable bonds is 10. The van der Waals surface area contributed by atoms with Gasteiger partial charge in [0.15, 0.2) is 23.9 Å². The van der Waals surface area contributed by atoms with Crippen LogP contribution in [0.4, 0.5) is 5.69 Å². The summed E-state index contributed by atoms with van der Waals surface area (Å²) in [5.74, 6) is 6.79. The third-order valence-corrected chi connectivity index (χ3v) is 5.60. The lowest BCUT2D eigenvalue weighted by Crippen LogP contribution is -2.20. The van der Waals surface area contributed by atoms with Gasteiger partial charge in [0.2, 0.25) is 0 Å². The van der Waals surface area contributed by atoms with Crippen molar-refractivity contribution in [2.24, 2.45) is 10.9 Å². The van der Waals surface area contributed by atoms with E-state index in [2.05, 4.69) is 20.6 Å². The number of nitrogens with two attached hydrogens (primary N) is 1. The van der Waals surface area contributed by atoms with Gasteiger partial charge in [-0.05, 0) is 62.7 Å². The number of benzene rings is 3. The number of phenols is 1. The summed E-state index contributed by atoms with van der Waals surface area (Å²) >= 11 is 0. The van der Waals surface area contributed by atoms with Crippen molar-refractivity contribution in [2.75, 3.05) is 18.5 Å². The van der Waals surface area contributed by atoms with Crippen LogP contribution in [-0.4, -0.2) is 40.1 Å². The molecular formula is C28H29N5O5. The second-order valence-corrected chi connectivity index (χ2v) is 8.32. The highest BCUT2D eigenvalue weighted by Gasteiger charge is 2.20. The van der Waals surface area contributed by atoms with Crippen LogP contribution in [0.2, 0.25) is 0 Å². The summed E-state index contributed by atoms with van der Waals surface area (Å²) < 4.78 is 17.4. The number of para-hydroxylation sites is 2. The Hall–Kier alpha value is -4.99. The highest BCUT2D eigenvalue weighted by Crippen LogP contribution is 2.41. The van der Waals surface area contributed by atoms with Gasteiger partial charge in [-0.25, -0.2) is 0 Å². The van der Waals surface area contributed by atoms with Crippen LogP contribution in [0.15, 0.2) is 71.8 Å². The van der Waals surface area contributed by atoms with Crippen molar-refractivity contribution in [3.8, 4) is 40.0 Å². The number of H-pyrrole nitrogens is 1. The van der Waals surface area contributed by atoms with Gasteiger partial charge in [0, 0.05) is 17.3 Å². The Morgan fingerprint density at radius 2 is 1.87 bits per heavy atom. The number of nitrogens with zero attached hydrogens (tertiary/aromatic N) is 2. The van der Waals surface area contributed by atoms with Gasteiger partial charge in [0.05, 0.1) is 18.0 Å². The number of carbonyl (C=O) groups excluding carboxylic acids is 1. The molecule has 3 aromatic carbocycles. The van der Waals surface area contributed by atoms with Gasteiger partial charge in [-0.1, -0.05) is 24.3 Å². The monoisotopic (exact) mass is 515 g/mol. The maximum Gasteiger partial charge on any atom is 0.262 e. The Morgan fingerprint density at radius 3 is 2.61 bits per heavy atom. The van der Waals surface area contributed by atoms with Crippen LogP contribution >= 0.6 is 0 Å². The molecule has 1 aromatic heterocycles. The van der Waals surface area contributed by atoms with E-state index in [1.165, 1.54) is 6.07 Å². The minimum atomic E-state index is -0.361. The highest BCUT2D eigenvalue weighted by molar-refractivity contribution is 6.00. The van der Waals surface area contributed by atoms with Crippen LogP contribution in [0.3, 0.4) is 0 Å². The number of carbonyl (C=O) groups is 1. The number of hydrogen-bond acceptors (Lipinski definition) is 8. The standard InChI is InChI=1S/C28H29N5O5/c1-4-36-24-10-5-6-11-25(24)38-28-18(3)32-33-27(28)22-13-12-21(15-23(22)34)37-16-26(35)30-20-9-7-8-19(14-20)17(2)31-29/h5-15,34H,4,16,29H2,1-3H3,(H,30,35)(H,32,33)/b31-17-. The average Bonchev–Trinajstić information content (AvgIpc) is 3.28. The van der Waals surface area contributed by atoms with E-state index < -0.39 is 0 Å². The summed E-state index contributed by atoms with van der Waals surface area (Å²) in [4.78, 5) is 12.4. The number of ether oxygens (including phenoxy) is 3. The fourth-order valence-corrected chi connectivity index (χ4v) is 3.69. The normalized spacial score (nSPS) is 11.2. The molecule has 0 aliphatic carbocycles. The molecule has 0 radical (unpaired) electrons. The van der Waals surface area contributed by atoms with Crippen molar-refractivity contribution in [3.63, 3.8) is 0 Å². The number of aromatic nitrogens is 2. The summed E-state index contributed by atoms with van der Waals surface area (Å²) in [6.45, 7) is 5.74. The molecule has 0 fully saturated rings. The molecule has 0 aliphatic heterocycles. The molecule has 10 nitrogen and oxygen atoms in total. The summed E-state index contributed by atoms with van der Waals surface area (Å²) in [5, 5.41) is 24.4. The molecule has 0 bridgehead atoms. The summed E-state index contributed by atoms with van der Waals surface area (Å²) in [6, 6.07) is 19.2. The van der Waals surface area contributed by atoms with E-state index in [0.29, 0.717) is 58.0 Å². The maximum absolute atomic E-state index is 12.4. The SMILES string of the molecule is CCOc1ccccc1Oc1c(-c2ccc(OCC(=O)Nc3cccc(/C(C)=N\N)c3)cc2O)n[nH]c1C. The number of aromatic hydroxyl groups is 1. The van der Waals surface area contributed by atoms with E-state index in [-0.39, 0.29) is 18.3 Å². The van der Waals surface area contributed by atoms with Crippen molar-refractivity contribution in [3.05, 3.63) is 78.0 Å². The predicted octanol–water partition coefficient (Wildman–Crippen LogP) is 4.98. The van der Waals surface area contributed by atoms with E-state index in [1.807, 2.05) is 38.1 Å². The minimum absolute atomic E-state index is 0.0819. The van der Waals surface area contributed by atoms with Crippen LogP contribution in [0.25, 0.3) is 11.3 Å². The fourth-order valence-electron chi connectivity index (χ4n) is 3.69. The van der Waals surface area contributed by atoms with E-state index in [0.717, 1.165) is 5.56 Å². The van der Waals surface area contributed by atoms with Crippen LogP contribution in [-0.2, 0) is 4.79 Å². The number of aryl methyl sites for hydroxylation is 1. The molecule has 1 heterocycles. The number of aromatic amines is 1. The largest absolute Gasteiger partial charge is 0.507 e. The minimum Gasteiger partial charge on any atom is -0.507 e. The molecule has 1 amide bonds. The molecule has 0 spiro atoms. The highest BCUT2D eigenvalue weighted by atomic mass is 16.5. The number of nitrogens with one attached hydrogen (secondary N) is 2. The van der Waals surface area contributed by atoms with Gasteiger partial charge in [0.25, 0.3) is 5.91 Å². The van der Waals surface area contributed by atoms with Crippen LogP contribution in [0.1, 0.15) is 25.1 Å². The molecule has 196 valence electrons. The van der Waals surface area contributed by atoms with Crippen LogP contribution < -0.4 is 25.4 Å². The second-order valence-electron chi connectivity index (χ2n) is 8.32. The topological polar surface area (TPSA) is 144 Å². The van der Waals surface area contributed by atoms with Gasteiger partial charge in [-0.15, -0.1) is 0 Å². The second kappa shape index (κ2) is 11.8. The van der Waals surface area contributed by atoms with Gasteiger partial charge in [-0.2, -0.15) is 10.2 Å². The van der Waals surface area contributed by atoms with Gasteiger partial charge >= 0.3 is 0 Å². The zero-order valence-corrected chi connectivity index (χ0v) is 21.3. The predicted molar refractivity (Wildman–Crippen MR) is 145 cm³/mol. The molecular weight excluding hydrogens is 486 g/mol. The first-order chi connectivity index (χ1) is 18.4. The van der Waals surface area contributed by atoms with Gasteiger partial charge < -0.3 is 30.5 Å². The number of hydrazone groups is 1. The third kappa shape index (κ3) is 6.04. The molecule has 0 unspecified atom stereocenters. The van der Waals surface area contributed by atoms with Crippen molar-refractivity contribution in [1.82, 2.24) is 10.2 Å². The Labute approximate surface area is 220 Å². The number of anilines is 1. The summed E-state index contributed by atoms with van der Waals surface area (Å²) in [7, 11) is 0. The first-order valence-electron chi connectivity index (χ1n) is 11.9. The first-order valence-corrected chi connectivity index (χ1v) is 11.9. The first kappa shape index (κ1) is 26.1. The lowest BCUT2D eigenvalue weighted by molar-refractivity contribution is -0.118. The molecule has 4 aromatic rings. The quantitative estimate of drug-likeness (QED) is 0.132. The number of hydrogen-bond donors (Lipinski definition) is 4. The van der Waals surface area contributed by atoms with Crippen molar-refractivity contribution in [2.45, 2.75) is 20.8 Å². The van der Waals surface area contributed by atoms with Crippen molar-refractivity contribution in [1.29, 1.82) is 0 Å². The number of amides is 1. The van der Waals surface area contributed by atoms with Gasteiger partial charge in [-0.3, -0.25) is 9.89 Å². The Bertz CT molecular complexity index is 1460. The maximum atomic E-state index is 12.4. The zero-order valence-electron chi connectivity index (χ0n) is 21.3. The molecule has 4 rings (SSSR count). The molecule has 0 saturated heterocycles. The number of phenolic OH excluding ortho intramolecular Hbond substituents is 1. The Kier molecular flexibility index (Phi) is 8.12. The molecule has 5 N–H and O–H groups in total. The zero-order chi connectivity index (χ0) is 27.1. The van der Waals surface area contributed by atoms with E-state index in [4.69, 9.17) is 20.1 Å². The van der Waals surface area contributed by atoms with E-state index in [1.54, 1.807) is 43.3 Å². The lowest BCUT2D eigenvalue weighted by atomic mass is 10.1. The van der Waals surface area contributed by atoms with Crippen molar-refractivity contribution < 1.29 is 24.1 Å². The Balaban J connectivity index is 1.45. The molecule has 0 atom stereocenters. The third-order valence-electron chi connectivity index (χ3n) is 5.60. The van der Waals surface area contributed by atoms with Crippen LogP contribution in [0.5, 0.6) is 28.7 Å². The van der Waals surface area contributed by atoms with E-state index in [9.17, 15) is 9.90 Å². The van der Waals surface area contributed by atoms with Gasteiger partial charge in [0.1, 0.15) is 17.2 Å².